The summed E-state index contributed by atoms with van der Waals surface area (Å²) in [6, 6.07) is 7.77. The Kier molecular flexibility index (Phi) is 8.88. The van der Waals surface area contributed by atoms with Crippen LogP contribution in [0.4, 0.5) is 18.9 Å². The van der Waals surface area contributed by atoms with E-state index in [1.54, 1.807) is 12.1 Å². The molecule has 0 bridgehead atoms. The number of piperidine rings is 1. The second kappa shape index (κ2) is 12.7. The van der Waals surface area contributed by atoms with Crippen LogP contribution in [0.5, 0.6) is 5.75 Å². The Morgan fingerprint density at radius 2 is 1.82 bits per heavy atom. The quantitative estimate of drug-likeness (QED) is 0.310. The SMILES string of the molecule is COc1cc2nn([C@H]3CC[C@H](CN(C)C4CCC5(CCNCC5)CC4)CC3)cc2cc1NC(=O)c1cccc(C(F)(F)F)n1. The third-order valence-electron chi connectivity index (χ3n) is 10.4. The number of anilines is 1. The first-order valence-electron chi connectivity index (χ1n) is 16.0. The van der Waals surface area contributed by atoms with Gasteiger partial charge in [0.05, 0.1) is 24.4 Å². The van der Waals surface area contributed by atoms with Crippen LogP contribution in [0.1, 0.15) is 86.4 Å². The average molecular weight is 613 g/mol. The number of nitrogens with zero attached hydrogens (tertiary/aromatic N) is 4. The molecule has 1 saturated heterocycles. The fourth-order valence-corrected chi connectivity index (χ4v) is 7.69. The molecule has 6 rings (SSSR count). The number of carbonyl (C=O) groups excluding carboxylic acids is 1. The molecule has 1 aromatic carbocycles. The normalized spacial score (nSPS) is 22.9. The molecule has 8 nitrogen and oxygen atoms in total. The fraction of sp³-hybridized carbons (Fsp3) is 0.606. The lowest BCUT2D eigenvalue weighted by molar-refractivity contribution is -0.141. The van der Waals surface area contributed by atoms with Gasteiger partial charge in [-0.05, 0) is 114 Å². The first kappa shape index (κ1) is 30.8. The van der Waals surface area contributed by atoms with Crippen molar-refractivity contribution in [3.05, 3.63) is 47.9 Å². The van der Waals surface area contributed by atoms with E-state index in [1.165, 1.54) is 83.7 Å². The third-order valence-corrected chi connectivity index (χ3v) is 10.4. The Morgan fingerprint density at radius 1 is 1.09 bits per heavy atom. The maximum atomic E-state index is 13.1. The molecular formula is C33H43F3N6O2. The summed E-state index contributed by atoms with van der Waals surface area (Å²) < 4.78 is 46.8. The Hall–Kier alpha value is -3.18. The van der Waals surface area contributed by atoms with Gasteiger partial charge in [-0.25, -0.2) is 4.98 Å². The third kappa shape index (κ3) is 6.73. The summed E-state index contributed by atoms with van der Waals surface area (Å²) in [6.07, 6.45) is 9.91. The first-order chi connectivity index (χ1) is 21.1. The molecule has 238 valence electrons. The number of rotatable bonds is 7. The molecule has 2 saturated carbocycles. The van der Waals surface area contributed by atoms with Gasteiger partial charge in [-0.1, -0.05) is 6.07 Å². The van der Waals surface area contributed by atoms with Gasteiger partial charge in [-0.3, -0.25) is 9.48 Å². The van der Waals surface area contributed by atoms with Crippen molar-refractivity contribution < 1.29 is 22.7 Å². The molecule has 0 unspecified atom stereocenters. The minimum Gasteiger partial charge on any atom is -0.494 e. The molecule has 3 heterocycles. The number of hydrogen-bond donors (Lipinski definition) is 2. The topological polar surface area (TPSA) is 84.3 Å². The molecule has 2 aromatic heterocycles. The van der Waals surface area contributed by atoms with E-state index in [1.807, 2.05) is 10.9 Å². The summed E-state index contributed by atoms with van der Waals surface area (Å²) in [5, 5.41) is 11.8. The number of ether oxygens (including phenoxy) is 1. The molecule has 3 aliphatic rings. The maximum Gasteiger partial charge on any atom is 0.433 e. The fourth-order valence-electron chi connectivity index (χ4n) is 7.69. The molecule has 0 radical (unpaired) electrons. The number of hydrogen-bond acceptors (Lipinski definition) is 6. The van der Waals surface area contributed by atoms with Crippen molar-refractivity contribution in [2.75, 3.05) is 39.1 Å². The van der Waals surface area contributed by atoms with E-state index < -0.39 is 17.8 Å². The Bertz CT molecular complexity index is 1450. The minimum atomic E-state index is -4.64. The molecule has 44 heavy (non-hydrogen) atoms. The largest absolute Gasteiger partial charge is 0.494 e. The monoisotopic (exact) mass is 612 g/mol. The van der Waals surface area contributed by atoms with Gasteiger partial charge in [0, 0.05) is 30.2 Å². The molecule has 1 spiro atoms. The number of amides is 1. The van der Waals surface area contributed by atoms with Crippen molar-refractivity contribution in [1.82, 2.24) is 25.0 Å². The van der Waals surface area contributed by atoms with Crippen molar-refractivity contribution in [1.29, 1.82) is 0 Å². The Balaban J connectivity index is 1.05. The van der Waals surface area contributed by atoms with E-state index in [0.29, 0.717) is 34.9 Å². The number of benzene rings is 1. The van der Waals surface area contributed by atoms with Crippen molar-refractivity contribution >= 4 is 22.5 Å². The zero-order valence-electron chi connectivity index (χ0n) is 25.6. The summed E-state index contributed by atoms with van der Waals surface area (Å²) in [4.78, 5) is 18.9. The van der Waals surface area contributed by atoms with Crippen molar-refractivity contribution in [2.24, 2.45) is 11.3 Å². The lowest BCUT2D eigenvalue weighted by Crippen LogP contribution is -2.44. The highest BCUT2D eigenvalue weighted by Crippen LogP contribution is 2.44. The highest BCUT2D eigenvalue weighted by Gasteiger charge is 2.38. The molecule has 3 aromatic rings. The van der Waals surface area contributed by atoms with Crippen molar-refractivity contribution in [3.8, 4) is 5.75 Å². The number of carbonyl (C=O) groups is 1. The second-order valence-corrected chi connectivity index (χ2v) is 13.2. The average Bonchev–Trinajstić information content (AvgIpc) is 3.44. The number of methoxy groups -OCH3 is 1. The van der Waals surface area contributed by atoms with Gasteiger partial charge in [0.1, 0.15) is 17.1 Å². The molecule has 3 fully saturated rings. The first-order valence-corrected chi connectivity index (χ1v) is 16.0. The highest BCUT2D eigenvalue weighted by atomic mass is 19.4. The van der Waals surface area contributed by atoms with Crippen LogP contribution in [0, 0.1) is 11.3 Å². The number of halogens is 3. The molecule has 11 heteroatoms. The predicted molar refractivity (Wildman–Crippen MR) is 164 cm³/mol. The summed E-state index contributed by atoms with van der Waals surface area (Å²) in [6.45, 7) is 3.53. The summed E-state index contributed by atoms with van der Waals surface area (Å²) in [5.74, 6) is 0.328. The second-order valence-electron chi connectivity index (χ2n) is 13.2. The van der Waals surface area contributed by atoms with Gasteiger partial charge in [0.25, 0.3) is 5.91 Å². The van der Waals surface area contributed by atoms with E-state index in [-0.39, 0.29) is 5.69 Å². The molecule has 0 atom stereocenters. The van der Waals surface area contributed by atoms with Gasteiger partial charge >= 0.3 is 6.18 Å². The Morgan fingerprint density at radius 3 is 2.50 bits per heavy atom. The maximum absolute atomic E-state index is 13.1. The van der Waals surface area contributed by atoms with E-state index in [4.69, 9.17) is 9.84 Å². The van der Waals surface area contributed by atoms with Gasteiger partial charge in [0.2, 0.25) is 0 Å². The lowest BCUT2D eigenvalue weighted by Gasteiger charge is -2.45. The smallest absolute Gasteiger partial charge is 0.433 e. The van der Waals surface area contributed by atoms with E-state index in [9.17, 15) is 18.0 Å². The van der Waals surface area contributed by atoms with Crippen LogP contribution in [0.15, 0.2) is 36.5 Å². The van der Waals surface area contributed by atoms with E-state index >= 15 is 0 Å². The van der Waals surface area contributed by atoms with Crippen LogP contribution in [-0.2, 0) is 6.18 Å². The zero-order valence-corrected chi connectivity index (χ0v) is 25.6. The zero-order chi connectivity index (χ0) is 30.9. The predicted octanol–water partition coefficient (Wildman–Crippen LogP) is 6.69. The summed E-state index contributed by atoms with van der Waals surface area (Å²) in [5.41, 5.74) is 0.250. The standard InChI is InChI=1S/C33H43F3N6O2/c1-41(24-10-12-32(13-11-24)14-16-37-17-15-32)20-22-6-8-25(9-7-22)42-21-23-18-28(29(44-2)19-27(23)40-42)39-31(43)26-4-3-5-30(38-26)33(34,35)36/h3-5,18-19,21-22,24-25,37H,6-17,20H2,1-2H3,(H,39,43)/t22-,25-. The van der Waals surface area contributed by atoms with E-state index in [0.717, 1.165) is 36.4 Å². The van der Waals surface area contributed by atoms with Crippen LogP contribution in [0.2, 0.25) is 0 Å². The van der Waals surface area contributed by atoms with Crippen molar-refractivity contribution in [3.63, 3.8) is 0 Å². The van der Waals surface area contributed by atoms with Crippen LogP contribution < -0.4 is 15.4 Å². The highest BCUT2D eigenvalue weighted by molar-refractivity contribution is 6.05. The number of fused-ring (bicyclic) bond motifs is 1. The van der Waals surface area contributed by atoms with E-state index in [2.05, 4.69) is 27.6 Å². The summed E-state index contributed by atoms with van der Waals surface area (Å²) >= 11 is 0. The number of aromatic nitrogens is 3. The molecule has 2 aliphatic carbocycles. The van der Waals surface area contributed by atoms with Crippen molar-refractivity contribution in [2.45, 2.75) is 82.5 Å². The molecule has 2 N–H and O–H groups in total. The van der Waals surface area contributed by atoms with Gasteiger partial charge < -0.3 is 20.3 Å². The number of alkyl halides is 3. The molecular weight excluding hydrogens is 569 g/mol. The van der Waals surface area contributed by atoms with Gasteiger partial charge in [0.15, 0.2) is 0 Å². The number of nitrogens with one attached hydrogen (secondary N) is 2. The summed E-state index contributed by atoms with van der Waals surface area (Å²) in [7, 11) is 3.80. The minimum absolute atomic E-state index is 0.303. The number of pyridine rings is 1. The van der Waals surface area contributed by atoms with Crippen LogP contribution in [-0.4, -0.2) is 65.4 Å². The van der Waals surface area contributed by atoms with Crippen LogP contribution in [0.3, 0.4) is 0 Å². The molecule has 1 amide bonds. The van der Waals surface area contributed by atoms with Crippen LogP contribution >= 0.6 is 0 Å². The Labute approximate surface area is 256 Å². The molecule has 1 aliphatic heterocycles. The van der Waals surface area contributed by atoms with Gasteiger partial charge in [-0.15, -0.1) is 0 Å². The lowest BCUT2D eigenvalue weighted by atomic mass is 9.67. The van der Waals surface area contributed by atoms with Crippen LogP contribution in [0.25, 0.3) is 10.9 Å². The van der Waals surface area contributed by atoms with Gasteiger partial charge in [-0.2, -0.15) is 18.3 Å².